The normalized spacial score (nSPS) is 10.1. The van der Waals surface area contributed by atoms with Gasteiger partial charge in [-0.05, 0) is 12.1 Å². The van der Waals surface area contributed by atoms with Gasteiger partial charge in [-0.15, -0.1) is 0 Å². The van der Waals surface area contributed by atoms with Crippen LogP contribution in [0.4, 0.5) is 0 Å². The third kappa shape index (κ3) is 2.68. The summed E-state index contributed by atoms with van der Waals surface area (Å²) in [7, 11) is 3.68. The maximum Gasteiger partial charge on any atom is 0.125 e. The fourth-order valence-electron chi connectivity index (χ4n) is 0.929. The maximum atomic E-state index is 9.45. The number of thiocarbonyl (C=S) groups is 1. The van der Waals surface area contributed by atoms with Crippen LogP contribution in [0.5, 0.6) is 5.75 Å². The number of benzene rings is 1. The monoisotopic (exact) mass is 196 g/mol. The van der Waals surface area contributed by atoms with Gasteiger partial charge in [-0.2, -0.15) is 0 Å². The van der Waals surface area contributed by atoms with Crippen LogP contribution in [0.1, 0.15) is 5.56 Å². The van der Waals surface area contributed by atoms with Crippen LogP contribution in [0.25, 0.3) is 0 Å². The Balaban J connectivity index is 2.83. The van der Waals surface area contributed by atoms with Gasteiger partial charge < -0.3 is 10.5 Å². The summed E-state index contributed by atoms with van der Waals surface area (Å²) in [6.45, 7) is 0. The second-order valence-electron chi connectivity index (χ2n) is 2.85. The average Bonchev–Trinajstić information content (AvgIpc) is 2.03. The van der Waals surface area contributed by atoms with E-state index in [9.17, 15) is 5.11 Å². The van der Waals surface area contributed by atoms with Crippen molar-refractivity contribution >= 4 is 17.2 Å². The zero-order chi connectivity index (χ0) is 9.84. The Morgan fingerprint density at radius 3 is 2.54 bits per heavy atom. The lowest BCUT2D eigenvalue weighted by Crippen LogP contribution is -2.35. The van der Waals surface area contributed by atoms with Gasteiger partial charge in [0.1, 0.15) is 10.7 Å². The van der Waals surface area contributed by atoms with Crippen LogP contribution in [-0.2, 0) is 0 Å². The summed E-state index contributed by atoms with van der Waals surface area (Å²) >= 11 is 5.07. The zero-order valence-corrected chi connectivity index (χ0v) is 8.43. The molecule has 0 saturated heterocycles. The zero-order valence-electron chi connectivity index (χ0n) is 7.61. The number of phenolic OH excluding ortho intramolecular Hbond substituents is 1. The third-order valence-electron chi connectivity index (χ3n) is 1.47. The summed E-state index contributed by atoms with van der Waals surface area (Å²) in [6.07, 6.45) is 0. The van der Waals surface area contributed by atoms with Crippen molar-refractivity contribution in [3.63, 3.8) is 0 Å². The van der Waals surface area contributed by atoms with Crippen molar-refractivity contribution in [1.29, 1.82) is 0 Å². The second kappa shape index (κ2) is 4.20. The molecule has 2 N–H and O–H groups in total. The minimum atomic E-state index is 0.196. The molecule has 1 aromatic carbocycles. The summed E-state index contributed by atoms with van der Waals surface area (Å²) in [5, 5.41) is 11.2. The highest BCUT2D eigenvalue weighted by Crippen LogP contribution is 2.15. The number of aromatic hydroxyl groups is 1. The number of hydrogen-bond donors (Lipinski definition) is 2. The molecular formula is C9H12N2OS. The molecule has 0 bridgehead atoms. The molecule has 3 nitrogen and oxygen atoms in total. The van der Waals surface area contributed by atoms with Crippen LogP contribution in [0.2, 0.25) is 0 Å². The molecule has 1 rings (SSSR count). The van der Waals surface area contributed by atoms with Gasteiger partial charge in [0.15, 0.2) is 0 Å². The third-order valence-corrected chi connectivity index (χ3v) is 1.79. The van der Waals surface area contributed by atoms with Gasteiger partial charge in [0.25, 0.3) is 0 Å². The van der Waals surface area contributed by atoms with Crippen molar-refractivity contribution in [3.05, 3.63) is 29.8 Å². The number of hydrogen-bond acceptors (Lipinski definition) is 3. The Morgan fingerprint density at radius 1 is 1.38 bits per heavy atom. The first-order valence-electron chi connectivity index (χ1n) is 3.87. The first kappa shape index (κ1) is 9.95. The molecule has 0 saturated carbocycles. The first-order valence-corrected chi connectivity index (χ1v) is 4.28. The van der Waals surface area contributed by atoms with Crippen molar-refractivity contribution in [2.75, 3.05) is 14.1 Å². The predicted octanol–water partition coefficient (Wildman–Crippen LogP) is 1.13. The fourth-order valence-corrected chi connectivity index (χ4v) is 1.28. The minimum Gasteiger partial charge on any atom is -0.507 e. The maximum absolute atomic E-state index is 9.45. The number of nitrogens with one attached hydrogen (secondary N) is 1. The summed E-state index contributed by atoms with van der Waals surface area (Å²) < 4.78 is 0. The molecule has 1 aromatic rings. The van der Waals surface area contributed by atoms with E-state index in [1.807, 2.05) is 20.2 Å². The molecular weight excluding hydrogens is 184 g/mol. The summed E-state index contributed by atoms with van der Waals surface area (Å²) in [4.78, 5) is 0.517. The van der Waals surface area contributed by atoms with E-state index in [0.717, 1.165) is 0 Å². The first-order chi connectivity index (χ1) is 6.11. The number of nitrogens with zero attached hydrogens (tertiary/aromatic N) is 1. The van der Waals surface area contributed by atoms with Crippen LogP contribution in [0, 0.1) is 0 Å². The average molecular weight is 196 g/mol. The molecule has 4 heteroatoms. The van der Waals surface area contributed by atoms with Gasteiger partial charge in [-0.1, -0.05) is 24.4 Å². The van der Waals surface area contributed by atoms with Crippen molar-refractivity contribution in [2.24, 2.45) is 0 Å². The molecule has 0 aliphatic heterocycles. The number of rotatable bonds is 2. The molecule has 0 fully saturated rings. The molecule has 0 atom stereocenters. The summed E-state index contributed by atoms with van der Waals surface area (Å²) in [5.41, 5.74) is 3.55. The highest BCUT2D eigenvalue weighted by molar-refractivity contribution is 7.80. The molecule has 0 unspecified atom stereocenters. The SMILES string of the molecule is CN(C)NC(=S)c1ccccc1O. The Morgan fingerprint density at radius 2 is 2.00 bits per heavy atom. The molecule has 0 aliphatic rings. The smallest absolute Gasteiger partial charge is 0.125 e. The van der Waals surface area contributed by atoms with E-state index in [-0.39, 0.29) is 5.75 Å². The molecule has 0 amide bonds. The Hall–Kier alpha value is -1.13. The quantitative estimate of drug-likeness (QED) is 0.549. The lowest BCUT2D eigenvalue weighted by atomic mass is 10.2. The summed E-state index contributed by atoms with van der Waals surface area (Å²) in [5.74, 6) is 0.196. The van der Waals surface area contributed by atoms with Crippen LogP contribution < -0.4 is 5.43 Å². The van der Waals surface area contributed by atoms with Crippen LogP contribution in [-0.4, -0.2) is 29.2 Å². The van der Waals surface area contributed by atoms with E-state index < -0.39 is 0 Å². The van der Waals surface area contributed by atoms with Crippen LogP contribution >= 0.6 is 12.2 Å². The van der Waals surface area contributed by atoms with Crippen molar-refractivity contribution in [2.45, 2.75) is 0 Å². The van der Waals surface area contributed by atoms with Crippen molar-refractivity contribution in [3.8, 4) is 5.75 Å². The van der Waals surface area contributed by atoms with Crippen molar-refractivity contribution < 1.29 is 5.11 Å². The highest BCUT2D eigenvalue weighted by atomic mass is 32.1. The predicted molar refractivity (Wildman–Crippen MR) is 56.6 cm³/mol. The van der Waals surface area contributed by atoms with Gasteiger partial charge in [-0.25, -0.2) is 5.01 Å². The molecule has 13 heavy (non-hydrogen) atoms. The topological polar surface area (TPSA) is 35.5 Å². The molecule has 0 aliphatic carbocycles. The summed E-state index contributed by atoms with van der Waals surface area (Å²) in [6, 6.07) is 6.98. The van der Waals surface area contributed by atoms with Gasteiger partial charge in [0.2, 0.25) is 0 Å². The van der Waals surface area contributed by atoms with E-state index in [1.54, 1.807) is 23.2 Å². The van der Waals surface area contributed by atoms with E-state index in [1.165, 1.54) is 0 Å². The fraction of sp³-hybridized carbons (Fsp3) is 0.222. The van der Waals surface area contributed by atoms with Crippen LogP contribution in [0.3, 0.4) is 0 Å². The highest BCUT2D eigenvalue weighted by Gasteiger charge is 2.05. The van der Waals surface area contributed by atoms with Gasteiger partial charge in [-0.3, -0.25) is 0 Å². The molecule has 0 heterocycles. The number of phenols is 1. The lowest BCUT2D eigenvalue weighted by Gasteiger charge is -2.14. The Labute approximate surface area is 83.0 Å². The standard InChI is InChI=1S/C9H12N2OS/c1-11(2)10-9(13)7-5-3-4-6-8(7)12/h3-6,12H,1-2H3,(H,10,13). The van der Waals surface area contributed by atoms with E-state index >= 15 is 0 Å². The van der Waals surface area contributed by atoms with E-state index in [2.05, 4.69) is 5.43 Å². The molecule has 0 aromatic heterocycles. The Bertz CT molecular complexity index is 312. The van der Waals surface area contributed by atoms with Gasteiger partial charge in [0, 0.05) is 14.1 Å². The van der Waals surface area contributed by atoms with E-state index in [0.29, 0.717) is 10.6 Å². The largest absolute Gasteiger partial charge is 0.507 e. The minimum absolute atomic E-state index is 0.196. The second-order valence-corrected chi connectivity index (χ2v) is 3.26. The van der Waals surface area contributed by atoms with E-state index in [4.69, 9.17) is 12.2 Å². The molecule has 0 spiro atoms. The van der Waals surface area contributed by atoms with Crippen LogP contribution in [0.15, 0.2) is 24.3 Å². The van der Waals surface area contributed by atoms with Gasteiger partial charge in [0.05, 0.1) is 5.56 Å². The molecule has 0 radical (unpaired) electrons. The number of para-hydroxylation sites is 1. The Kier molecular flexibility index (Phi) is 3.22. The lowest BCUT2D eigenvalue weighted by molar-refractivity contribution is 0.365. The van der Waals surface area contributed by atoms with Crippen molar-refractivity contribution in [1.82, 2.24) is 10.4 Å². The number of hydrazine groups is 1. The van der Waals surface area contributed by atoms with Gasteiger partial charge >= 0.3 is 0 Å². The molecule has 70 valence electrons.